The van der Waals surface area contributed by atoms with Crippen LogP contribution in [0.1, 0.15) is 43.1 Å². The van der Waals surface area contributed by atoms with E-state index in [9.17, 15) is 0 Å². The molecule has 2 rings (SSSR count). The van der Waals surface area contributed by atoms with Crippen LogP contribution >= 0.6 is 0 Å². The molecule has 0 radical (unpaired) electrons. The van der Waals surface area contributed by atoms with Crippen LogP contribution in [-0.4, -0.2) is 11.5 Å². The highest BCUT2D eigenvalue weighted by molar-refractivity contribution is 5.29. The van der Waals surface area contributed by atoms with Gasteiger partial charge in [0.25, 0.3) is 0 Å². The number of hydrogen-bond donors (Lipinski definition) is 1. The summed E-state index contributed by atoms with van der Waals surface area (Å²) in [7, 11) is 0. The molecule has 1 unspecified atom stereocenters. The van der Waals surface area contributed by atoms with Gasteiger partial charge >= 0.3 is 0 Å². The molecule has 1 heterocycles. The molecule has 0 aliphatic carbocycles. The fourth-order valence-corrected chi connectivity index (χ4v) is 2.15. The van der Waals surface area contributed by atoms with Crippen molar-refractivity contribution in [3.05, 3.63) is 59.4 Å². The van der Waals surface area contributed by atoms with Crippen molar-refractivity contribution in [1.82, 2.24) is 10.3 Å². The molecule has 112 valence electrons. The average molecular weight is 284 g/mol. The fourth-order valence-electron chi connectivity index (χ4n) is 2.15. The highest BCUT2D eigenvalue weighted by Crippen LogP contribution is 2.18. The van der Waals surface area contributed by atoms with Crippen LogP contribution in [0.3, 0.4) is 0 Å². The molecule has 3 heteroatoms. The number of aryl methyl sites for hydroxylation is 1. The summed E-state index contributed by atoms with van der Waals surface area (Å²) in [5, 5.41) is 3.48. The number of benzene rings is 1. The quantitative estimate of drug-likeness (QED) is 0.833. The number of ether oxygens (including phenoxy) is 1. The maximum absolute atomic E-state index is 5.81. The molecule has 0 amide bonds. The lowest BCUT2D eigenvalue weighted by atomic mass is 10.1. The van der Waals surface area contributed by atoms with Gasteiger partial charge in [-0.25, -0.2) is 0 Å². The Morgan fingerprint density at radius 3 is 2.62 bits per heavy atom. The molecule has 21 heavy (non-hydrogen) atoms. The van der Waals surface area contributed by atoms with Gasteiger partial charge in [0.2, 0.25) is 0 Å². The number of rotatable bonds is 7. The second-order valence-corrected chi connectivity index (χ2v) is 5.30. The first-order valence-electron chi connectivity index (χ1n) is 7.57. The van der Waals surface area contributed by atoms with Gasteiger partial charge in [0.1, 0.15) is 12.4 Å². The third-order valence-electron chi connectivity index (χ3n) is 3.57. The van der Waals surface area contributed by atoms with Crippen molar-refractivity contribution in [1.29, 1.82) is 0 Å². The minimum absolute atomic E-state index is 0.372. The second-order valence-electron chi connectivity index (χ2n) is 5.30. The van der Waals surface area contributed by atoms with Crippen LogP contribution in [0.15, 0.2) is 42.6 Å². The molecular formula is C18H24N2O. The normalized spacial score (nSPS) is 12.1. The molecule has 2 aromatic rings. The summed E-state index contributed by atoms with van der Waals surface area (Å²) in [5.41, 5.74) is 3.43. The Kier molecular flexibility index (Phi) is 5.76. The Hall–Kier alpha value is -1.87. The van der Waals surface area contributed by atoms with Gasteiger partial charge in [-0.15, -0.1) is 0 Å². The molecule has 1 atom stereocenters. The number of nitrogens with one attached hydrogen (secondary N) is 1. The molecular weight excluding hydrogens is 260 g/mol. The summed E-state index contributed by atoms with van der Waals surface area (Å²) in [6.45, 7) is 7.96. The Balaban J connectivity index is 1.92. The zero-order valence-electron chi connectivity index (χ0n) is 13.1. The predicted octanol–water partition coefficient (Wildman–Crippen LogP) is 4.03. The molecule has 0 aliphatic heterocycles. The van der Waals surface area contributed by atoms with Crippen molar-refractivity contribution in [2.24, 2.45) is 0 Å². The Morgan fingerprint density at radius 1 is 1.19 bits per heavy atom. The molecule has 1 aromatic heterocycles. The Bertz CT molecular complexity index is 551. The fraction of sp³-hybridized carbons (Fsp3) is 0.389. The maximum Gasteiger partial charge on any atom is 0.130 e. The second kappa shape index (κ2) is 7.79. The Morgan fingerprint density at radius 2 is 1.95 bits per heavy atom. The van der Waals surface area contributed by atoms with Gasteiger partial charge in [-0.05, 0) is 56.1 Å². The van der Waals surface area contributed by atoms with Crippen LogP contribution in [0.5, 0.6) is 5.75 Å². The standard InChI is InChI=1S/C18H24N2O/c1-4-11-19-15(3)16-7-9-17(10-8-16)21-13-18-14(2)6-5-12-20-18/h5-10,12,15,19H,4,11,13H2,1-3H3. The SMILES string of the molecule is CCCNC(C)c1ccc(OCc2ncccc2C)cc1. The van der Waals surface area contributed by atoms with Crippen molar-refractivity contribution in [3.8, 4) is 5.75 Å². The molecule has 3 nitrogen and oxygen atoms in total. The van der Waals surface area contributed by atoms with Crippen molar-refractivity contribution < 1.29 is 4.74 Å². The number of hydrogen-bond acceptors (Lipinski definition) is 3. The first kappa shape index (κ1) is 15.5. The molecule has 0 bridgehead atoms. The average Bonchev–Trinajstić information content (AvgIpc) is 2.52. The lowest BCUT2D eigenvalue weighted by Gasteiger charge is -2.14. The molecule has 0 saturated heterocycles. The third kappa shape index (κ3) is 4.57. The summed E-state index contributed by atoms with van der Waals surface area (Å²) >= 11 is 0. The summed E-state index contributed by atoms with van der Waals surface area (Å²) in [6.07, 6.45) is 2.95. The van der Waals surface area contributed by atoms with Crippen LogP contribution in [0.4, 0.5) is 0 Å². The first-order chi connectivity index (χ1) is 10.2. The molecule has 1 N–H and O–H groups in total. The van der Waals surface area contributed by atoms with E-state index in [1.807, 2.05) is 18.2 Å². The van der Waals surface area contributed by atoms with Gasteiger partial charge < -0.3 is 10.1 Å². The highest BCUT2D eigenvalue weighted by Gasteiger charge is 2.05. The summed E-state index contributed by atoms with van der Waals surface area (Å²) in [6, 6.07) is 12.7. The van der Waals surface area contributed by atoms with E-state index in [1.54, 1.807) is 6.20 Å². The van der Waals surface area contributed by atoms with Crippen LogP contribution in [0.25, 0.3) is 0 Å². The molecule has 0 spiro atoms. The van der Waals surface area contributed by atoms with Gasteiger partial charge in [-0.2, -0.15) is 0 Å². The van der Waals surface area contributed by atoms with Crippen molar-refractivity contribution in [2.75, 3.05) is 6.54 Å². The van der Waals surface area contributed by atoms with Gasteiger partial charge in [0, 0.05) is 12.2 Å². The summed E-state index contributed by atoms with van der Waals surface area (Å²) in [5.74, 6) is 0.881. The van der Waals surface area contributed by atoms with Crippen LogP contribution in [0.2, 0.25) is 0 Å². The van der Waals surface area contributed by atoms with E-state index in [0.29, 0.717) is 12.6 Å². The van der Waals surface area contributed by atoms with Gasteiger partial charge in [0.05, 0.1) is 5.69 Å². The highest BCUT2D eigenvalue weighted by atomic mass is 16.5. The minimum atomic E-state index is 0.372. The van der Waals surface area contributed by atoms with E-state index in [2.05, 4.69) is 49.3 Å². The molecule has 0 saturated carbocycles. The number of nitrogens with zero attached hydrogens (tertiary/aromatic N) is 1. The zero-order chi connectivity index (χ0) is 15.1. The van der Waals surface area contributed by atoms with Gasteiger partial charge in [0.15, 0.2) is 0 Å². The third-order valence-corrected chi connectivity index (χ3v) is 3.57. The monoisotopic (exact) mass is 284 g/mol. The van der Waals surface area contributed by atoms with Crippen LogP contribution in [0, 0.1) is 6.92 Å². The molecule has 1 aromatic carbocycles. The number of aromatic nitrogens is 1. The number of pyridine rings is 1. The van der Waals surface area contributed by atoms with E-state index in [4.69, 9.17) is 4.74 Å². The lowest BCUT2D eigenvalue weighted by molar-refractivity contribution is 0.300. The van der Waals surface area contributed by atoms with E-state index >= 15 is 0 Å². The maximum atomic E-state index is 5.81. The predicted molar refractivity (Wildman–Crippen MR) is 86.5 cm³/mol. The zero-order valence-corrected chi connectivity index (χ0v) is 13.1. The van der Waals surface area contributed by atoms with Crippen LogP contribution in [-0.2, 0) is 6.61 Å². The molecule has 0 fully saturated rings. The topological polar surface area (TPSA) is 34.1 Å². The van der Waals surface area contributed by atoms with E-state index < -0.39 is 0 Å². The van der Waals surface area contributed by atoms with E-state index in [-0.39, 0.29) is 0 Å². The smallest absolute Gasteiger partial charge is 0.130 e. The van der Waals surface area contributed by atoms with E-state index in [1.165, 1.54) is 5.56 Å². The van der Waals surface area contributed by atoms with E-state index in [0.717, 1.165) is 30.0 Å². The van der Waals surface area contributed by atoms with Crippen molar-refractivity contribution in [3.63, 3.8) is 0 Å². The Labute approximate surface area is 127 Å². The van der Waals surface area contributed by atoms with Gasteiger partial charge in [-0.1, -0.05) is 25.1 Å². The minimum Gasteiger partial charge on any atom is -0.487 e. The molecule has 0 aliphatic rings. The van der Waals surface area contributed by atoms with Crippen molar-refractivity contribution >= 4 is 0 Å². The first-order valence-corrected chi connectivity index (χ1v) is 7.57. The van der Waals surface area contributed by atoms with Crippen molar-refractivity contribution in [2.45, 2.75) is 39.8 Å². The van der Waals surface area contributed by atoms with Crippen LogP contribution < -0.4 is 10.1 Å². The largest absolute Gasteiger partial charge is 0.487 e. The lowest BCUT2D eigenvalue weighted by Crippen LogP contribution is -2.19. The summed E-state index contributed by atoms with van der Waals surface area (Å²) in [4.78, 5) is 4.34. The van der Waals surface area contributed by atoms with Gasteiger partial charge in [-0.3, -0.25) is 4.98 Å². The summed E-state index contributed by atoms with van der Waals surface area (Å²) < 4.78 is 5.81.